The van der Waals surface area contributed by atoms with Crippen LogP contribution < -0.4 is 37.2 Å². The van der Waals surface area contributed by atoms with Gasteiger partial charge in [-0.15, -0.1) is 56.7 Å². The number of hydrogen-bond donors (Lipinski definition) is 0. The van der Waals surface area contributed by atoms with Gasteiger partial charge < -0.3 is 32.4 Å². The van der Waals surface area contributed by atoms with Gasteiger partial charge in [0.1, 0.15) is 22.3 Å². The first kappa shape index (κ1) is 70.2. The summed E-state index contributed by atoms with van der Waals surface area (Å²) in [7, 11) is 0. The number of hydrogen-bond acceptors (Lipinski definition) is 16. The molecule has 13 heterocycles. The van der Waals surface area contributed by atoms with Gasteiger partial charge in [0.15, 0.2) is 0 Å². The van der Waals surface area contributed by atoms with Gasteiger partial charge in [0.05, 0.1) is 22.3 Å². The molecule has 9 aromatic heterocycles. The molecule has 20 rings (SSSR count). The molecule has 0 radical (unpaired) electrons. The van der Waals surface area contributed by atoms with Crippen molar-refractivity contribution in [3.63, 3.8) is 0 Å². The van der Waals surface area contributed by atoms with Gasteiger partial charge in [-0.05, 0) is 238 Å². The lowest BCUT2D eigenvalue weighted by molar-refractivity contribution is 0.398. The standard InChI is InChI=1S/C58H54N2O4S5.C36H27NO4/c1-55(2)19-23-59-25-21-57(5,6)47-49(59)35(55)29-31-27-33(53(61)63-51(31)47)37-9-11-39(65-37)41-13-15-43(67-41)45-17-18-46(69-45)44-16-14-42(68-44)40-12-10-38(66-40)34-28-32-30-36-50-48(52(32)64-54(34)62)58(7,8)22-26-60(50)24-20-56(36,3)4;1-3-37(4-2)30-14-13-26-18-31(35(38)41-34(26)21-30)22-9-11-23(12-10-22)32-19-29-17-27-15-24-7-5-6-8-25(24)16-28(27)20-33(29)40-36(32)39/h9-18,27-30H,19-26H2,1-8H3;5-21H,3-4H2,1-2H3. The summed E-state index contributed by atoms with van der Waals surface area (Å²) in [5, 5.41) is 8.16. The highest BCUT2D eigenvalue weighted by molar-refractivity contribution is 7.30. The van der Waals surface area contributed by atoms with Gasteiger partial charge in [-0.2, -0.15) is 0 Å². The highest BCUT2D eigenvalue weighted by atomic mass is 32.1. The molecule has 0 amide bonds. The molecule has 4 aliphatic rings. The van der Waals surface area contributed by atoms with Crippen LogP contribution in [0.2, 0.25) is 0 Å². The quantitative estimate of drug-likeness (QED) is 0.0906. The van der Waals surface area contributed by atoms with Gasteiger partial charge in [-0.1, -0.05) is 104 Å². The third kappa shape index (κ3) is 12.0. The second-order valence-electron chi connectivity index (χ2n) is 32.7. The largest absolute Gasteiger partial charge is 0.422 e. The predicted octanol–water partition coefficient (Wildman–Crippen LogP) is 24.9. The molecule has 16 aromatic rings. The average molecular weight is 1540 g/mol. The fraction of sp³-hybridized carbons (Fsp3) is 0.255. The van der Waals surface area contributed by atoms with Crippen LogP contribution in [0.15, 0.2) is 225 Å². The first-order valence-electron chi connectivity index (χ1n) is 38.1. The van der Waals surface area contributed by atoms with Crippen molar-refractivity contribution in [3.05, 3.63) is 252 Å². The van der Waals surface area contributed by atoms with E-state index >= 15 is 0 Å². The SMILES string of the molecule is CC1(C)CCN2CCC(C)(C)c3c2c1cc1cc(-c2ccc(-c4ccc(-c5ccc(-c6ccc(-c7ccc(-c8cc9cc%10c%11c(c9oc8=O)C(C)(C)CCN%11CCC%10(C)C)s7)s6)s5)s4)s2)c(=O)oc31.CCN(CC)c1ccc2cc(-c3ccc(-c4cc5cc6cc7ccccc7cc6cc5oc4=O)cc3)c(=O)oc2c1. The zero-order valence-corrected chi connectivity index (χ0v) is 67.2. The van der Waals surface area contributed by atoms with E-state index in [9.17, 15) is 19.2 Å². The molecular formula is C94H81N3O8S5. The molecule has 0 bridgehead atoms. The van der Waals surface area contributed by atoms with Gasteiger partial charge >= 0.3 is 22.5 Å². The summed E-state index contributed by atoms with van der Waals surface area (Å²) in [4.78, 5) is 72.4. The van der Waals surface area contributed by atoms with Crippen molar-refractivity contribution in [1.82, 2.24) is 0 Å². The van der Waals surface area contributed by atoms with Crippen molar-refractivity contribution in [2.24, 2.45) is 0 Å². The molecule has 110 heavy (non-hydrogen) atoms. The first-order chi connectivity index (χ1) is 52.9. The minimum atomic E-state index is -0.403. The Hall–Kier alpha value is -10.2. The van der Waals surface area contributed by atoms with E-state index in [1.807, 2.05) is 84.1 Å². The molecule has 0 spiro atoms. The molecule has 550 valence electrons. The van der Waals surface area contributed by atoms with E-state index in [0.717, 1.165) is 156 Å². The van der Waals surface area contributed by atoms with Crippen LogP contribution >= 0.6 is 56.7 Å². The highest BCUT2D eigenvalue weighted by Crippen LogP contribution is 2.55. The third-order valence-corrected chi connectivity index (χ3v) is 30.2. The van der Waals surface area contributed by atoms with Crippen LogP contribution in [0.1, 0.15) is 117 Å². The van der Waals surface area contributed by atoms with Crippen molar-refractivity contribution in [3.8, 4) is 82.2 Å². The van der Waals surface area contributed by atoms with Gasteiger partial charge in [0, 0.05) is 144 Å². The minimum absolute atomic E-state index is 0.0484. The number of thiophene rings is 5. The Morgan fingerprint density at radius 1 is 0.327 bits per heavy atom. The molecule has 0 saturated heterocycles. The molecule has 0 saturated carbocycles. The van der Waals surface area contributed by atoms with Gasteiger partial charge in [0.2, 0.25) is 0 Å². The minimum Gasteiger partial charge on any atom is -0.422 e. The molecule has 11 nitrogen and oxygen atoms in total. The molecule has 0 N–H and O–H groups in total. The van der Waals surface area contributed by atoms with Gasteiger partial charge in [-0.25, -0.2) is 19.2 Å². The fourth-order valence-corrected chi connectivity index (χ4v) is 22.8. The molecule has 16 heteroatoms. The topological polar surface area (TPSA) is 131 Å². The van der Waals surface area contributed by atoms with Crippen LogP contribution in [0.5, 0.6) is 0 Å². The molecule has 0 fully saturated rings. The zero-order valence-electron chi connectivity index (χ0n) is 63.1. The second-order valence-corrected chi connectivity index (χ2v) is 38.1. The maximum atomic E-state index is 13.9. The smallest absolute Gasteiger partial charge is 0.345 e. The van der Waals surface area contributed by atoms with E-state index in [0.29, 0.717) is 33.4 Å². The molecular weight excluding hydrogens is 1460 g/mol. The maximum Gasteiger partial charge on any atom is 0.345 e. The number of anilines is 3. The van der Waals surface area contributed by atoms with Crippen LogP contribution in [0.25, 0.3) is 148 Å². The van der Waals surface area contributed by atoms with E-state index in [1.54, 1.807) is 45.3 Å². The van der Waals surface area contributed by atoms with E-state index < -0.39 is 11.3 Å². The molecule has 0 unspecified atom stereocenters. The highest BCUT2D eigenvalue weighted by Gasteiger charge is 2.44. The summed E-state index contributed by atoms with van der Waals surface area (Å²) in [6, 6.07) is 64.1. The van der Waals surface area contributed by atoms with E-state index in [1.165, 1.54) is 62.9 Å². The zero-order chi connectivity index (χ0) is 75.6. The van der Waals surface area contributed by atoms with E-state index in [4.69, 9.17) is 17.7 Å². The van der Waals surface area contributed by atoms with Crippen LogP contribution in [0.4, 0.5) is 17.1 Å². The lowest BCUT2D eigenvalue weighted by Gasteiger charge is -2.48. The van der Waals surface area contributed by atoms with Crippen molar-refractivity contribution in [2.75, 3.05) is 54.0 Å². The number of benzene rings is 7. The van der Waals surface area contributed by atoms with Gasteiger partial charge in [-0.3, -0.25) is 0 Å². The Morgan fingerprint density at radius 2 is 0.673 bits per heavy atom. The molecule has 0 atom stereocenters. The summed E-state index contributed by atoms with van der Waals surface area (Å²) < 4.78 is 24.2. The van der Waals surface area contributed by atoms with Crippen molar-refractivity contribution in [2.45, 2.75) is 117 Å². The summed E-state index contributed by atoms with van der Waals surface area (Å²) in [6.07, 6.45) is 4.30. The Morgan fingerprint density at radius 3 is 1.09 bits per heavy atom. The fourth-order valence-electron chi connectivity index (χ4n) is 17.4. The van der Waals surface area contributed by atoms with Crippen LogP contribution in [0.3, 0.4) is 0 Å². The Labute approximate surface area is 656 Å². The van der Waals surface area contributed by atoms with Crippen LogP contribution in [0, 0.1) is 0 Å². The maximum absolute atomic E-state index is 13.9. The van der Waals surface area contributed by atoms with Crippen molar-refractivity contribution < 1.29 is 17.7 Å². The first-order valence-corrected chi connectivity index (χ1v) is 42.2. The number of fused-ring (bicyclic) bond motifs is 8. The predicted molar refractivity (Wildman–Crippen MR) is 463 cm³/mol. The number of nitrogens with zero attached hydrogens (tertiary/aromatic N) is 3. The lowest BCUT2D eigenvalue weighted by atomic mass is 9.69. The number of rotatable bonds is 11. The molecule has 0 aliphatic carbocycles. The Balaban J connectivity index is 0.000000170. The Kier molecular flexibility index (Phi) is 16.7. The third-order valence-electron chi connectivity index (χ3n) is 23.9. The second kappa shape index (κ2) is 26.2. The monoisotopic (exact) mass is 1540 g/mol. The van der Waals surface area contributed by atoms with Crippen LogP contribution in [-0.2, 0) is 21.7 Å². The lowest BCUT2D eigenvalue weighted by Crippen LogP contribution is -2.44. The Bertz CT molecular complexity index is 6490. The van der Waals surface area contributed by atoms with E-state index in [2.05, 4.69) is 199 Å². The summed E-state index contributed by atoms with van der Waals surface area (Å²) in [5.74, 6) is 0. The van der Waals surface area contributed by atoms with Crippen molar-refractivity contribution >= 4 is 139 Å². The van der Waals surface area contributed by atoms with Crippen LogP contribution in [-0.4, -0.2) is 39.3 Å². The summed E-state index contributed by atoms with van der Waals surface area (Å²) >= 11 is 8.71. The molecule has 4 aliphatic heterocycles. The summed E-state index contributed by atoms with van der Waals surface area (Å²) in [5.41, 5.74) is 13.6. The molecule has 7 aromatic carbocycles. The summed E-state index contributed by atoms with van der Waals surface area (Å²) in [6.45, 7) is 28.7. The van der Waals surface area contributed by atoms with Gasteiger partial charge in [0.25, 0.3) is 0 Å². The van der Waals surface area contributed by atoms with E-state index in [-0.39, 0.29) is 32.9 Å². The normalized spacial score (nSPS) is 15.9. The average Bonchev–Trinajstić information content (AvgIpc) is 0.784. The van der Waals surface area contributed by atoms with Crippen molar-refractivity contribution in [1.29, 1.82) is 0 Å².